The highest BCUT2D eigenvalue weighted by Gasteiger charge is 2.14. The summed E-state index contributed by atoms with van der Waals surface area (Å²) in [7, 11) is 0. The van der Waals surface area contributed by atoms with Crippen molar-refractivity contribution in [3.8, 4) is 5.13 Å². The van der Waals surface area contributed by atoms with Crippen LogP contribution in [-0.2, 0) is 4.79 Å². The summed E-state index contributed by atoms with van der Waals surface area (Å²) >= 11 is 3.23. The molecule has 0 aliphatic heterocycles. The highest BCUT2D eigenvalue weighted by molar-refractivity contribution is 7.99. The van der Waals surface area contributed by atoms with Crippen LogP contribution in [0.4, 0.5) is 5.82 Å². The molecule has 0 spiro atoms. The van der Waals surface area contributed by atoms with Gasteiger partial charge in [-0.25, -0.2) is 4.98 Å². The van der Waals surface area contributed by atoms with Gasteiger partial charge in [0.25, 0.3) is 0 Å². The first-order valence-electron chi connectivity index (χ1n) is 8.59. The number of amides is 1. The van der Waals surface area contributed by atoms with Gasteiger partial charge in [-0.15, -0.1) is 11.8 Å². The maximum absolute atomic E-state index is 12.4. The molecular weight excluding hydrogens is 376 g/mol. The van der Waals surface area contributed by atoms with Crippen molar-refractivity contribution in [2.45, 2.75) is 18.2 Å². The molecule has 0 unspecified atom stereocenters. The van der Waals surface area contributed by atoms with Crippen LogP contribution in [0.2, 0.25) is 0 Å². The van der Waals surface area contributed by atoms with Crippen LogP contribution >= 0.6 is 23.1 Å². The number of rotatable bonds is 6. The van der Waals surface area contributed by atoms with Crippen LogP contribution < -0.4 is 5.32 Å². The van der Waals surface area contributed by atoms with E-state index in [1.54, 1.807) is 27.8 Å². The van der Waals surface area contributed by atoms with E-state index < -0.39 is 0 Å². The van der Waals surface area contributed by atoms with Gasteiger partial charge < -0.3 is 5.32 Å². The normalized spacial score (nSPS) is 11.0. The van der Waals surface area contributed by atoms with Gasteiger partial charge in [0, 0.05) is 23.1 Å². The van der Waals surface area contributed by atoms with Crippen molar-refractivity contribution in [1.82, 2.24) is 14.8 Å². The lowest BCUT2D eigenvalue weighted by molar-refractivity contribution is -0.115. The number of anilines is 1. The zero-order valence-corrected chi connectivity index (χ0v) is 16.4. The molecule has 4 rings (SSSR count). The lowest BCUT2D eigenvalue weighted by Crippen LogP contribution is -2.15. The van der Waals surface area contributed by atoms with Gasteiger partial charge in [-0.05, 0) is 31.2 Å². The molecule has 4 aromatic rings. The molecule has 0 saturated carbocycles. The summed E-state index contributed by atoms with van der Waals surface area (Å²) in [5.74, 6) is 1.35. The first kappa shape index (κ1) is 17.8. The van der Waals surface area contributed by atoms with Crippen LogP contribution in [0.15, 0.2) is 65.6 Å². The minimum Gasteiger partial charge on any atom is -0.310 e. The SMILES string of the molecule is Cc1cc(NC(=O)CCSc2ccccc2)n(-c2nc3ccccc3s2)n1. The van der Waals surface area contributed by atoms with Crippen LogP contribution in [0.25, 0.3) is 15.3 Å². The molecule has 2 aromatic carbocycles. The van der Waals surface area contributed by atoms with E-state index in [0.717, 1.165) is 26.8 Å². The van der Waals surface area contributed by atoms with Crippen molar-refractivity contribution in [2.75, 3.05) is 11.1 Å². The van der Waals surface area contributed by atoms with E-state index in [1.807, 2.05) is 67.6 Å². The average Bonchev–Trinajstić information content (AvgIpc) is 3.25. The van der Waals surface area contributed by atoms with Crippen molar-refractivity contribution in [2.24, 2.45) is 0 Å². The van der Waals surface area contributed by atoms with E-state index in [0.29, 0.717) is 12.2 Å². The summed E-state index contributed by atoms with van der Waals surface area (Å²) in [5.41, 5.74) is 1.77. The molecule has 0 saturated heterocycles. The number of hydrogen-bond acceptors (Lipinski definition) is 5. The van der Waals surface area contributed by atoms with E-state index >= 15 is 0 Å². The summed E-state index contributed by atoms with van der Waals surface area (Å²) < 4.78 is 2.81. The van der Waals surface area contributed by atoms with Crippen molar-refractivity contribution < 1.29 is 4.79 Å². The molecule has 0 fully saturated rings. The molecule has 2 aromatic heterocycles. The third-order valence-electron chi connectivity index (χ3n) is 3.90. The molecule has 1 N–H and O–H groups in total. The second kappa shape index (κ2) is 7.94. The average molecular weight is 395 g/mol. The quantitative estimate of drug-likeness (QED) is 0.472. The number of thiazole rings is 1. The van der Waals surface area contributed by atoms with Gasteiger partial charge in [-0.1, -0.05) is 41.7 Å². The fraction of sp³-hybridized carbons (Fsp3) is 0.150. The Morgan fingerprint density at radius 3 is 2.74 bits per heavy atom. The number of nitrogens with zero attached hydrogens (tertiary/aromatic N) is 3. The molecule has 0 aliphatic carbocycles. The molecule has 2 heterocycles. The van der Waals surface area contributed by atoms with Gasteiger partial charge in [0.2, 0.25) is 11.0 Å². The molecule has 0 aliphatic rings. The molecule has 136 valence electrons. The van der Waals surface area contributed by atoms with Gasteiger partial charge >= 0.3 is 0 Å². The predicted molar refractivity (Wildman–Crippen MR) is 112 cm³/mol. The second-order valence-electron chi connectivity index (χ2n) is 6.01. The van der Waals surface area contributed by atoms with Crippen LogP contribution in [0, 0.1) is 6.92 Å². The van der Waals surface area contributed by atoms with Gasteiger partial charge in [0.1, 0.15) is 5.82 Å². The Kier molecular flexibility index (Phi) is 5.22. The Morgan fingerprint density at radius 2 is 1.93 bits per heavy atom. The number of hydrogen-bond donors (Lipinski definition) is 1. The minimum absolute atomic E-state index is 0.0271. The lowest BCUT2D eigenvalue weighted by Gasteiger charge is -2.06. The van der Waals surface area contributed by atoms with E-state index in [2.05, 4.69) is 15.4 Å². The fourth-order valence-corrected chi connectivity index (χ4v) is 4.47. The first-order valence-corrected chi connectivity index (χ1v) is 10.4. The van der Waals surface area contributed by atoms with Crippen molar-refractivity contribution >= 4 is 45.0 Å². The Morgan fingerprint density at radius 1 is 1.15 bits per heavy atom. The van der Waals surface area contributed by atoms with Crippen LogP contribution in [0.5, 0.6) is 0 Å². The minimum atomic E-state index is -0.0271. The summed E-state index contributed by atoms with van der Waals surface area (Å²) in [6.45, 7) is 1.91. The predicted octanol–water partition coefficient (Wildman–Crippen LogP) is 4.91. The molecule has 0 bridgehead atoms. The molecular formula is C20H18N4OS2. The lowest BCUT2D eigenvalue weighted by atomic mass is 10.3. The third kappa shape index (κ3) is 4.20. The summed E-state index contributed by atoms with van der Waals surface area (Å²) in [4.78, 5) is 18.2. The highest BCUT2D eigenvalue weighted by Crippen LogP contribution is 2.27. The first-order chi connectivity index (χ1) is 13.2. The van der Waals surface area contributed by atoms with Crippen LogP contribution in [0.1, 0.15) is 12.1 Å². The van der Waals surface area contributed by atoms with Gasteiger partial charge in [-0.2, -0.15) is 9.78 Å². The number of fused-ring (bicyclic) bond motifs is 1. The maximum atomic E-state index is 12.4. The Balaban J connectivity index is 1.45. The van der Waals surface area contributed by atoms with E-state index in [9.17, 15) is 4.79 Å². The topological polar surface area (TPSA) is 59.8 Å². The van der Waals surface area contributed by atoms with Gasteiger partial charge in [-0.3, -0.25) is 4.79 Å². The maximum Gasteiger partial charge on any atom is 0.226 e. The van der Waals surface area contributed by atoms with Crippen molar-refractivity contribution in [3.05, 3.63) is 66.4 Å². The molecule has 27 heavy (non-hydrogen) atoms. The molecule has 1 amide bonds. The number of benzene rings is 2. The second-order valence-corrected chi connectivity index (χ2v) is 8.18. The Bertz CT molecular complexity index is 1040. The van der Waals surface area contributed by atoms with Crippen LogP contribution in [-0.4, -0.2) is 26.4 Å². The number of carbonyl (C=O) groups is 1. The molecule has 7 heteroatoms. The highest BCUT2D eigenvalue weighted by atomic mass is 32.2. The number of aryl methyl sites for hydroxylation is 1. The number of nitrogens with one attached hydrogen (secondary N) is 1. The molecule has 0 radical (unpaired) electrons. The number of carbonyl (C=O) groups excluding carboxylic acids is 1. The number of aromatic nitrogens is 3. The Hall–Kier alpha value is -2.64. The summed E-state index contributed by atoms with van der Waals surface area (Å²) in [6, 6.07) is 19.9. The van der Waals surface area contributed by atoms with Crippen molar-refractivity contribution in [1.29, 1.82) is 0 Å². The van der Waals surface area contributed by atoms with E-state index in [-0.39, 0.29) is 5.91 Å². The molecule has 0 atom stereocenters. The van der Waals surface area contributed by atoms with Crippen LogP contribution in [0.3, 0.4) is 0 Å². The third-order valence-corrected chi connectivity index (χ3v) is 5.93. The Labute approximate surface area is 165 Å². The van der Waals surface area contributed by atoms with E-state index in [1.165, 1.54) is 4.90 Å². The number of para-hydroxylation sites is 1. The van der Waals surface area contributed by atoms with Crippen molar-refractivity contribution in [3.63, 3.8) is 0 Å². The van der Waals surface area contributed by atoms with Gasteiger partial charge in [0.05, 0.1) is 15.9 Å². The number of thioether (sulfide) groups is 1. The smallest absolute Gasteiger partial charge is 0.226 e. The summed E-state index contributed by atoms with van der Waals surface area (Å²) in [5, 5.41) is 8.23. The van der Waals surface area contributed by atoms with E-state index in [4.69, 9.17) is 0 Å². The standard InChI is InChI=1S/C20H18N4OS2/c1-14-13-18(22-19(25)11-12-26-15-7-3-2-4-8-15)24(23-14)20-21-16-9-5-6-10-17(16)27-20/h2-10,13H,11-12H2,1H3,(H,22,25). The zero-order valence-electron chi connectivity index (χ0n) is 14.8. The van der Waals surface area contributed by atoms with Gasteiger partial charge in [0.15, 0.2) is 0 Å². The summed E-state index contributed by atoms with van der Waals surface area (Å²) in [6.07, 6.45) is 0.434. The fourth-order valence-electron chi connectivity index (χ4n) is 2.67. The molecule has 5 nitrogen and oxygen atoms in total. The monoisotopic (exact) mass is 394 g/mol. The zero-order chi connectivity index (χ0) is 18.6. The largest absolute Gasteiger partial charge is 0.310 e.